The van der Waals surface area contributed by atoms with E-state index in [1.54, 1.807) is 6.26 Å². The zero-order valence-corrected chi connectivity index (χ0v) is 9.92. The molecule has 0 aromatic heterocycles. The van der Waals surface area contributed by atoms with E-state index in [-0.39, 0.29) is 0 Å². The molecule has 0 bridgehead atoms. The Bertz CT molecular complexity index is 137. The highest BCUT2D eigenvalue weighted by molar-refractivity contribution is 8.06. The topological polar surface area (TPSA) is 9.23 Å². The zero-order chi connectivity index (χ0) is 9.40. The first kappa shape index (κ1) is 12.6. The van der Waals surface area contributed by atoms with E-state index in [4.69, 9.17) is 27.2 Å². The highest BCUT2D eigenvalue weighted by atomic mass is 35.9. The first-order valence-corrected chi connectivity index (χ1v) is 7.29. The van der Waals surface area contributed by atoms with Gasteiger partial charge in [0.25, 0.3) is 0 Å². The summed E-state index contributed by atoms with van der Waals surface area (Å²) in [5, 5.41) is 1.00. The van der Waals surface area contributed by atoms with Gasteiger partial charge < -0.3 is 4.74 Å². The lowest BCUT2D eigenvalue weighted by Crippen LogP contribution is -1.86. The molecular weight excluding hydrogens is 214 g/mol. The Morgan fingerprint density at radius 2 is 2.08 bits per heavy atom. The number of allylic oxidation sites excluding steroid dienone is 1. The number of hydrogen-bond acceptors (Lipinski definition) is 1. The Kier molecular flexibility index (Phi) is 8.54. The molecule has 0 aliphatic heterocycles. The summed E-state index contributed by atoms with van der Waals surface area (Å²) in [6, 6.07) is 0. The first-order chi connectivity index (χ1) is 5.72. The molecule has 1 nitrogen and oxygen atoms in total. The zero-order valence-electron chi connectivity index (χ0n) is 7.52. The summed E-state index contributed by atoms with van der Waals surface area (Å²) >= 11 is 11.5. The number of halogens is 2. The lowest BCUT2D eigenvalue weighted by atomic mass is 10.4. The van der Waals surface area contributed by atoms with E-state index in [1.165, 1.54) is 0 Å². The van der Waals surface area contributed by atoms with Gasteiger partial charge in [-0.25, -0.2) is 0 Å². The second-order valence-corrected chi connectivity index (χ2v) is 6.01. The molecule has 0 rings (SSSR count). The van der Waals surface area contributed by atoms with Crippen molar-refractivity contribution in [2.45, 2.75) is 33.1 Å². The number of ether oxygens (including phenoxy) is 1. The van der Waals surface area contributed by atoms with Gasteiger partial charge in [0.15, 0.2) is 0 Å². The van der Waals surface area contributed by atoms with Gasteiger partial charge in [0.05, 0.1) is 12.9 Å². The summed E-state index contributed by atoms with van der Waals surface area (Å²) in [5.74, 6) is 0. The van der Waals surface area contributed by atoms with Crippen LogP contribution in [0.4, 0.5) is 0 Å². The van der Waals surface area contributed by atoms with Crippen molar-refractivity contribution >= 4 is 29.1 Å². The third kappa shape index (κ3) is 6.11. The van der Waals surface area contributed by atoms with Crippen LogP contribution in [0.3, 0.4) is 0 Å². The number of unbranched alkanes of at least 4 members (excludes halogenated alkanes) is 1. The van der Waals surface area contributed by atoms with E-state index in [1.807, 2.05) is 6.92 Å². The molecule has 0 aromatic rings. The average Bonchev–Trinajstić information content (AvgIpc) is 2.04. The van der Waals surface area contributed by atoms with Crippen LogP contribution in [0.25, 0.3) is 0 Å². The molecule has 0 unspecified atom stereocenters. The third-order valence-electron chi connectivity index (χ3n) is 1.41. The third-order valence-corrected chi connectivity index (χ3v) is 3.57. The minimum Gasteiger partial charge on any atom is -0.501 e. The highest BCUT2D eigenvalue weighted by Gasteiger charge is 2.04. The van der Waals surface area contributed by atoms with Crippen LogP contribution in [0.5, 0.6) is 0 Å². The van der Waals surface area contributed by atoms with Crippen molar-refractivity contribution in [3.05, 3.63) is 11.6 Å². The van der Waals surface area contributed by atoms with Gasteiger partial charge in [-0.1, -0.05) is 42.7 Å². The van der Waals surface area contributed by atoms with Gasteiger partial charge in [0.1, 0.15) is 6.63 Å². The maximum atomic E-state index is 5.74. The summed E-state index contributed by atoms with van der Waals surface area (Å²) in [4.78, 5) is 0. The van der Waals surface area contributed by atoms with E-state index in [0.717, 1.165) is 31.2 Å². The number of rotatable bonds is 6. The summed E-state index contributed by atoms with van der Waals surface area (Å²) < 4.78 is 5.27. The fraction of sp³-hybridized carbons (Fsp3) is 0.750. The van der Waals surface area contributed by atoms with E-state index >= 15 is 0 Å². The van der Waals surface area contributed by atoms with Crippen molar-refractivity contribution in [1.82, 2.24) is 0 Å². The normalized spacial score (nSPS) is 12.2. The molecular formula is C8H15Cl2OP. The summed E-state index contributed by atoms with van der Waals surface area (Å²) in [5.41, 5.74) is 0. The predicted octanol–water partition coefficient (Wildman–Crippen LogP) is 4.84. The number of hydrogen-bond donors (Lipinski definition) is 0. The molecule has 0 aromatic carbocycles. The molecule has 0 heterocycles. The van der Waals surface area contributed by atoms with Crippen molar-refractivity contribution in [1.29, 1.82) is 0 Å². The van der Waals surface area contributed by atoms with Gasteiger partial charge in [-0.05, 0) is 12.8 Å². The van der Waals surface area contributed by atoms with Gasteiger partial charge in [-0.3, -0.25) is 0 Å². The molecule has 4 heteroatoms. The van der Waals surface area contributed by atoms with Gasteiger partial charge in [0, 0.05) is 5.31 Å². The van der Waals surface area contributed by atoms with Crippen LogP contribution in [0.15, 0.2) is 11.6 Å². The standard InChI is InChI=1S/C8H15Cl2OP/c1-3-5-6-11-7-8(4-2)12(9)10/h7H,3-6H2,1-2H3/b8-7-. The van der Waals surface area contributed by atoms with E-state index in [9.17, 15) is 0 Å². The summed E-state index contributed by atoms with van der Waals surface area (Å²) in [7, 11) is 0. The van der Waals surface area contributed by atoms with Crippen molar-refractivity contribution in [3.8, 4) is 0 Å². The SMILES string of the molecule is CCCCO/C=C(/CC)P(Cl)Cl. The van der Waals surface area contributed by atoms with Crippen molar-refractivity contribution in [2.75, 3.05) is 6.61 Å². The summed E-state index contributed by atoms with van der Waals surface area (Å²) in [6.45, 7) is 3.91. The van der Waals surface area contributed by atoms with E-state index in [0.29, 0.717) is 0 Å². The van der Waals surface area contributed by atoms with Crippen LogP contribution < -0.4 is 0 Å². The fourth-order valence-corrected chi connectivity index (χ4v) is 1.97. The minimum absolute atomic E-state index is 0.761. The lowest BCUT2D eigenvalue weighted by Gasteiger charge is -2.05. The molecule has 0 N–H and O–H groups in total. The van der Waals surface area contributed by atoms with Gasteiger partial charge >= 0.3 is 0 Å². The molecule has 0 saturated carbocycles. The predicted molar refractivity (Wildman–Crippen MR) is 57.9 cm³/mol. The van der Waals surface area contributed by atoms with Crippen LogP contribution in [0.2, 0.25) is 0 Å². The summed E-state index contributed by atoms with van der Waals surface area (Å²) in [6.07, 6.45) is 4.80. The van der Waals surface area contributed by atoms with Gasteiger partial charge in [-0.2, -0.15) is 0 Å². The smallest absolute Gasteiger partial charge is 0.115 e. The monoisotopic (exact) mass is 228 g/mol. The minimum atomic E-state index is -1.00. The van der Waals surface area contributed by atoms with Crippen molar-refractivity contribution in [3.63, 3.8) is 0 Å². The maximum absolute atomic E-state index is 5.74. The molecule has 0 saturated heterocycles. The van der Waals surface area contributed by atoms with Crippen molar-refractivity contribution in [2.24, 2.45) is 0 Å². The maximum Gasteiger partial charge on any atom is 0.115 e. The Hall–Kier alpha value is 0.550. The first-order valence-electron chi connectivity index (χ1n) is 4.14. The Labute approximate surface area is 85.4 Å². The largest absolute Gasteiger partial charge is 0.501 e. The van der Waals surface area contributed by atoms with Crippen LogP contribution in [0, 0.1) is 0 Å². The van der Waals surface area contributed by atoms with Crippen LogP contribution in [-0.4, -0.2) is 6.61 Å². The second-order valence-electron chi connectivity index (χ2n) is 2.42. The Balaban J connectivity index is 3.63. The highest BCUT2D eigenvalue weighted by Crippen LogP contribution is 2.55. The van der Waals surface area contributed by atoms with Gasteiger partial charge in [-0.15, -0.1) is 0 Å². The van der Waals surface area contributed by atoms with Gasteiger partial charge in [0.2, 0.25) is 0 Å². The molecule has 72 valence electrons. The fourth-order valence-electron chi connectivity index (χ4n) is 0.625. The van der Waals surface area contributed by atoms with Crippen LogP contribution in [0.1, 0.15) is 33.1 Å². The molecule has 0 aliphatic carbocycles. The Morgan fingerprint density at radius 3 is 2.50 bits per heavy atom. The molecule has 0 spiro atoms. The Morgan fingerprint density at radius 1 is 1.42 bits per heavy atom. The van der Waals surface area contributed by atoms with E-state index < -0.39 is 6.63 Å². The molecule has 0 amide bonds. The molecule has 0 aliphatic rings. The molecule has 0 fully saturated rings. The molecule has 0 radical (unpaired) electrons. The molecule has 0 atom stereocenters. The quantitative estimate of drug-likeness (QED) is 0.359. The molecule has 12 heavy (non-hydrogen) atoms. The van der Waals surface area contributed by atoms with Crippen LogP contribution >= 0.6 is 29.1 Å². The lowest BCUT2D eigenvalue weighted by molar-refractivity contribution is 0.242. The van der Waals surface area contributed by atoms with E-state index in [2.05, 4.69) is 6.92 Å². The van der Waals surface area contributed by atoms with Crippen LogP contribution in [-0.2, 0) is 4.74 Å². The van der Waals surface area contributed by atoms with Crippen molar-refractivity contribution < 1.29 is 4.74 Å². The average molecular weight is 229 g/mol. The second kappa shape index (κ2) is 8.16.